The highest BCUT2D eigenvalue weighted by Crippen LogP contribution is 1.95. The molecule has 16 heavy (non-hydrogen) atoms. The molecule has 0 saturated heterocycles. The van der Waals surface area contributed by atoms with E-state index < -0.39 is 11.8 Å². The summed E-state index contributed by atoms with van der Waals surface area (Å²) >= 11 is 0. The minimum atomic E-state index is -0.510. The molecule has 6 nitrogen and oxygen atoms in total. The van der Waals surface area contributed by atoms with Crippen LogP contribution in [0.25, 0.3) is 0 Å². The van der Waals surface area contributed by atoms with Crippen molar-refractivity contribution in [2.75, 3.05) is 13.1 Å². The van der Waals surface area contributed by atoms with Crippen molar-refractivity contribution >= 4 is 23.5 Å². The summed E-state index contributed by atoms with van der Waals surface area (Å²) in [5.74, 6) is -1.39. The van der Waals surface area contributed by atoms with Crippen molar-refractivity contribution < 1.29 is 19.2 Å². The van der Waals surface area contributed by atoms with Crippen molar-refractivity contribution in [3.8, 4) is 0 Å². The molecule has 0 fully saturated rings. The molecule has 0 rings (SSSR count). The van der Waals surface area contributed by atoms with Crippen LogP contribution >= 0.6 is 0 Å². The molecule has 0 aromatic heterocycles. The van der Waals surface area contributed by atoms with Crippen molar-refractivity contribution in [2.45, 2.75) is 27.2 Å². The van der Waals surface area contributed by atoms with E-state index in [1.165, 1.54) is 20.8 Å². The Kier molecular flexibility index (Phi) is 5.99. The standard InChI is InChI=1S/C10H16N2O4/c1-7(13)4-5-12(9(3)15)10(16)6-11-8(2)14/h4-6H2,1-3H3,(H,11,14). The smallest absolute Gasteiger partial charge is 0.248 e. The van der Waals surface area contributed by atoms with E-state index in [0.29, 0.717) is 0 Å². The molecule has 0 aliphatic heterocycles. The first kappa shape index (κ1) is 14.3. The number of hydrogen-bond donors (Lipinski definition) is 1. The molecule has 0 aromatic rings. The van der Waals surface area contributed by atoms with E-state index in [9.17, 15) is 19.2 Å². The van der Waals surface area contributed by atoms with Gasteiger partial charge in [-0.25, -0.2) is 0 Å². The fourth-order valence-electron chi connectivity index (χ4n) is 1.02. The lowest BCUT2D eigenvalue weighted by Crippen LogP contribution is -2.42. The third kappa shape index (κ3) is 5.90. The zero-order chi connectivity index (χ0) is 12.7. The van der Waals surface area contributed by atoms with E-state index in [-0.39, 0.29) is 31.2 Å². The van der Waals surface area contributed by atoms with Gasteiger partial charge in [0.2, 0.25) is 17.7 Å². The topological polar surface area (TPSA) is 83.6 Å². The molecule has 0 saturated carbocycles. The van der Waals surface area contributed by atoms with Gasteiger partial charge in [0, 0.05) is 26.8 Å². The molecule has 90 valence electrons. The number of carbonyl (C=O) groups is 4. The van der Waals surface area contributed by atoms with Crippen LogP contribution in [0.4, 0.5) is 0 Å². The van der Waals surface area contributed by atoms with Gasteiger partial charge in [-0.2, -0.15) is 0 Å². The van der Waals surface area contributed by atoms with E-state index >= 15 is 0 Å². The first-order valence-corrected chi connectivity index (χ1v) is 4.89. The molecule has 0 heterocycles. The molecule has 0 aromatic carbocycles. The average molecular weight is 228 g/mol. The van der Waals surface area contributed by atoms with Gasteiger partial charge in [-0.05, 0) is 6.92 Å². The summed E-state index contributed by atoms with van der Waals surface area (Å²) in [6, 6.07) is 0. The second-order valence-corrected chi connectivity index (χ2v) is 3.43. The Morgan fingerprint density at radius 3 is 2.00 bits per heavy atom. The molecule has 1 N–H and O–H groups in total. The molecular formula is C10H16N2O4. The van der Waals surface area contributed by atoms with Crippen LogP contribution < -0.4 is 5.32 Å². The third-order valence-electron chi connectivity index (χ3n) is 1.86. The van der Waals surface area contributed by atoms with Crippen molar-refractivity contribution in [3.63, 3.8) is 0 Å². The lowest BCUT2D eigenvalue weighted by atomic mass is 10.3. The quantitative estimate of drug-likeness (QED) is 0.686. The molecule has 0 radical (unpaired) electrons. The molecule has 0 spiro atoms. The van der Waals surface area contributed by atoms with E-state index in [0.717, 1.165) is 4.90 Å². The fraction of sp³-hybridized carbons (Fsp3) is 0.600. The number of rotatable bonds is 5. The summed E-state index contributed by atoms with van der Waals surface area (Å²) in [5, 5.41) is 2.30. The highest BCUT2D eigenvalue weighted by molar-refractivity contribution is 5.96. The molecule has 0 atom stereocenters. The van der Waals surface area contributed by atoms with E-state index in [1.807, 2.05) is 0 Å². The maximum Gasteiger partial charge on any atom is 0.248 e. The fourth-order valence-corrected chi connectivity index (χ4v) is 1.02. The maximum absolute atomic E-state index is 11.5. The molecule has 0 aliphatic carbocycles. The van der Waals surface area contributed by atoms with Crippen molar-refractivity contribution in [3.05, 3.63) is 0 Å². The monoisotopic (exact) mass is 228 g/mol. The molecule has 0 aliphatic rings. The number of nitrogens with one attached hydrogen (secondary N) is 1. The van der Waals surface area contributed by atoms with Gasteiger partial charge >= 0.3 is 0 Å². The van der Waals surface area contributed by atoms with E-state index in [2.05, 4.69) is 5.32 Å². The first-order valence-electron chi connectivity index (χ1n) is 4.89. The predicted molar refractivity (Wildman–Crippen MR) is 56.4 cm³/mol. The normalized spacial score (nSPS) is 9.44. The van der Waals surface area contributed by atoms with Gasteiger partial charge in [0.15, 0.2) is 0 Å². The van der Waals surface area contributed by atoms with E-state index in [4.69, 9.17) is 0 Å². The van der Waals surface area contributed by atoms with Gasteiger partial charge in [0.25, 0.3) is 0 Å². The maximum atomic E-state index is 11.5. The third-order valence-corrected chi connectivity index (χ3v) is 1.86. The van der Waals surface area contributed by atoms with Crippen molar-refractivity contribution in [2.24, 2.45) is 0 Å². The van der Waals surface area contributed by atoms with Crippen LogP contribution in [0.2, 0.25) is 0 Å². The van der Waals surface area contributed by atoms with Crippen LogP contribution in [0.1, 0.15) is 27.2 Å². The average Bonchev–Trinajstić information content (AvgIpc) is 2.13. The predicted octanol–water partition coefficient (Wildman–Crippen LogP) is -0.523. The minimum absolute atomic E-state index is 0.0586. The Morgan fingerprint density at radius 2 is 1.62 bits per heavy atom. The zero-order valence-electron chi connectivity index (χ0n) is 9.70. The Bertz CT molecular complexity index is 312. The van der Waals surface area contributed by atoms with Gasteiger partial charge in [-0.1, -0.05) is 0 Å². The van der Waals surface area contributed by atoms with Crippen LogP contribution in [0.3, 0.4) is 0 Å². The van der Waals surface area contributed by atoms with E-state index in [1.54, 1.807) is 0 Å². The second kappa shape index (κ2) is 6.71. The molecule has 3 amide bonds. The number of carbonyl (C=O) groups excluding carboxylic acids is 4. The highest BCUT2D eigenvalue weighted by Gasteiger charge is 2.17. The van der Waals surface area contributed by atoms with Gasteiger partial charge < -0.3 is 5.32 Å². The summed E-state index contributed by atoms with van der Waals surface area (Å²) in [4.78, 5) is 44.9. The number of hydrogen-bond acceptors (Lipinski definition) is 4. The first-order chi connectivity index (χ1) is 7.34. The Hall–Kier alpha value is -1.72. The van der Waals surface area contributed by atoms with Crippen molar-refractivity contribution in [1.82, 2.24) is 10.2 Å². The summed E-state index contributed by atoms with van der Waals surface area (Å²) in [6.45, 7) is 3.74. The largest absolute Gasteiger partial charge is 0.347 e. The van der Waals surface area contributed by atoms with Gasteiger partial charge in [0.1, 0.15) is 5.78 Å². The number of ketones is 1. The molecule has 6 heteroatoms. The van der Waals surface area contributed by atoms with Gasteiger partial charge in [-0.3, -0.25) is 24.1 Å². The van der Waals surface area contributed by atoms with Crippen LogP contribution in [0.5, 0.6) is 0 Å². The van der Waals surface area contributed by atoms with Crippen molar-refractivity contribution in [1.29, 1.82) is 0 Å². The minimum Gasteiger partial charge on any atom is -0.347 e. The lowest BCUT2D eigenvalue weighted by Gasteiger charge is -2.18. The number of nitrogens with zero attached hydrogens (tertiary/aromatic N) is 1. The number of Topliss-reactive ketones (excluding diaryl/α,β-unsaturated/α-hetero) is 1. The Balaban J connectivity index is 4.29. The summed E-state index contributed by atoms with van der Waals surface area (Å²) in [7, 11) is 0. The summed E-state index contributed by atoms with van der Waals surface area (Å²) in [6.07, 6.45) is 0.130. The summed E-state index contributed by atoms with van der Waals surface area (Å²) < 4.78 is 0. The number of amides is 3. The molecule has 0 bridgehead atoms. The van der Waals surface area contributed by atoms with Crippen LogP contribution in [-0.4, -0.2) is 41.5 Å². The lowest BCUT2D eigenvalue weighted by molar-refractivity contribution is -0.144. The van der Waals surface area contributed by atoms with Crippen LogP contribution in [-0.2, 0) is 19.2 Å². The number of imide groups is 1. The van der Waals surface area contributed by atoms with Crippen LogP contribution in [0, 0.1) is 0 Å². The SMILES string of the molecule is CC(=O)CCN(C(C)=O)C(=O)CNC(C)=O. The van der Waals surface area contributed by atoms with Gasteiger partial charge in [-0.15, -0.1) is 0 Å². The summed E-state index contributed by atoms with van der Waals surface area (Å²) in [5.41, 5.74) is 0. The highest BCUT2D eigenvalue weighted by atomic mass is 16.2. The molecular weight excluding hydrogens is 212 g/mol. The Morgan fingerprint density at radius 1 is 1.06 bits per heavy atom. The Labute approximate surface area is 94.0 Å². The zero-order valence-corrected chi connectivity index (χ0v) is 9.70. The van der Waals surface area contributed by atoms with Crippen LogP contribution in [0.15, 0.2) is 0 Å². The van der Waals surface area contributed by atoms with Gasteiger partial charge in [0.05, 0.1) is 6.54 Å². The second-order valence-electron chi connectivity index (χ2n) is 3.43. The molecule has 0 unspecified atom stereocenters.